The number of hydrogen-bond acceptors (Lipinski definition) is 6. The Morgan fingerprint density at radius 2 is 2.43 bits per heavy atom. The Hall–Kier alpha value is -1.73. The molecule has 0 saturated carbocycles. The number of carbonyl (C=O) groups excluding carboxylic acids is 1. The lowest BCUT2D eigenvalue weighted by Gasteiger charge is -2.34. The zero-order valence-electron chi connectivity index (χ0n) is 12.2. The predicted molar refractivity (Wildman–Crippen MR) is 83.4 cm³/mol. The number of hydrogen-bond donors (Lipinski definition) is 1. The molecule has 1 aliphatic rings. The van der Waals surface area contributed by atoms with Crippen LogP contribution in [0.3, 0.4) is 0 Å². The Morgan fingerprint density at radius 1 is 1.67 bits per heavy atom. The van der Waals surface area contributed by atoms with Crippen LogP contribution in [0.4, 0.5) is 5.82 Å². The third kappa shape index (κ3) is 3.68. The number of thiocarbonyl (C=S) groups is 1. The third-order valence-electron chi connectivity index (χ3n) is 3.45. The second-order valence-electron chi connectivity index (χ2n) is 4.91. The summed E-state index contributed by atoms with van der Waals surface area (Å²) in [6.45, 7) is 3.71. The van der Waals surface area contributed by atoms with E-state index in [-0.39, 0.29) is 18.5 Å². The van der Waals surface area contributed by atoms with E-state index >= 15 is 0 Å². The molecule has 0 spiro atoms. The van der Waals surface area contributed by atoms with Crippen LogP contribution in [0.2, 0.25) is 0 Å². The van der Waals surface area contributed by atoms with Gasteiger partial charge in [-0.15, -0.1) is 0 Å². The lowest BCUT2D eigenvalue weighted by Crippen LogP contribution is -2.44. The highest BCUT2D eigenvalue weighted by Crippen LogP contribution is 2.23. The molecule has 1 aliphatic heterocycles. The van der Waals surface area contributed by atoms with Crippen molar-refractivity contribution >= 4 is 29.0 Å². The van der Waals surface area contributed by atoms with Gasteiger partial charge in [-0.25, -0.2) is 4.98 Å². The van der Waals surface area contributed by atoms with Crippen LogP contribution in [0.15, 0.2) is 12.3 Å². The maximum Gasteiger partial charge on any atom is 0.308 e. The van der Waals surface area contributed by atoms with E-state index < -0.39 is 0 Å². The van der Waals surface area contributed by atoms with Crippen molar-refractivity contribution in [3.05, 3.63) is 23.4 Å². The number of nitrogens with zero attached hydrogens (tertiary/aromatic N) is 2. The molecule has 1 aromatic heterocycles. The molecule has 1 fully saturated rings. The average Bonchev–Trinajstić information content (AvgIpc) is 2.46. The lowest BCUT2D eigenvalue weighted by molar-refractivity contribution is -0.144. The van der Waals surface area contributed by atoms with Gasteiger partial charge in [0.25, 0.3) is 0 Å². The number of nitrogens with two attached hydrogens (primary N) is 1. The zero-order valence-corrected chi connectivity index (χ0v) is 13.0. The zero-order chi connectivity index (χ0) is 15.4. The Balaban J connectivity index is 2.20. The molecule has 2 N–H and O–H groups in total. The molecule has 7 heteroatoms. The van der Waals surface area contributed by atoms with Crippen LogP contribution in [0.5, 0.6) is 0 Å². The summed E-state index contributed by atoms with van der Waals surface area (Å²) in [5.74, 6) is 0.467. The summed E-state index contributed by atoms with van der Waals surface area (Å²) >= 11 is 5.13. The molecule has 1 unspecified atom stereocenters. The van der Waals surface area contributed by atoms with Gasteiger partial charge in [-0.05, 0) is 18.6 Å². The Morgan fingerprint density at radius 3 is 3.10 bits per heavy atom. The number of esters is 1. The molecule has 0 amide bonds. The summed E-state index contributed by atoms with van der Waals surface area (Å²) in [7, 11) is 1.37. The van der Waals surface area contributed by atoms with E-state index in [0.29, 0.717) is 24.7 Å². The fourth-order valence-electron chi connectivity index (χ4n) is 2.39. The molecule has 0 bridgehead atoms. The number of pyridine rings is 1. The van der Waals surface area contributed by atoms with Gasteiger partial charge >= 0.3 is 5.97 Å². The highest BCUT2D eigenvalue weighted by atomic mass is 32.1. The maximum absolute atomic E-state index is 11.4. The number of aryl methyl sites for hydroxylation is 1. The van der Waals surface area contributed by atoms with Gasteiger partial charge in [0.1, 0.15) is 10.8 Å². The van der Waals surface area contributed by atoms with Crippen molar-refractivity contribution in [2.45, 2.75) is 19.4 Å². The average molecular weight is 309 g/mol. The van der Waals surface area contributed by atoms with Gasteiger partial charge in [-0.2, -0.15) is 0 Å². The third-order valence-corrected chi connectivity index (χ3v) is 3.65. The number of aromatic nitrogens is 1. The fourth-order valence-corrected chi connectivity index (χ4v) is 2.64. The van der Waals surface area contributed by atoms with Gasteiger partial charge in [0.2, 0.25) is 0 Å². The fraction of sp³-hybridized carbons (Fsp3) is 0.500. The summed E-state index contributed by atoms with van der Waals surface area (Å²) in [4.78, 5) is 18.2. The molecular weight excluding hydrogens is 290 g/mol. The van der Waals surface area contributed by atoms with Crippen molar-refractivity contribution in [1.82, 2.24) is 4.98 Å². The molecular formula is C14H19N3O3S. The monoisotopic (exact) mass is 309 g/mol. The van der Waals surface area contributed by atoms with Crippen molar-refractivity contribution in [3.63, 3.8) is 0 Å². The molecule has 2 rings (SSSR count). The molecule has 1 aromatic rings. The van der Waals surface area contributed by atoms with E-state index in [1.165, 1.54) is 7.11 Å². The molecule has 0 aromatic carbocycles. The minimum Gasteiger partial charge on any atom is -0.469 e. The molecule has 1 atom stereocenters. The van der Waals surface area contributed by atoms with Crippen LogP contribution in [0, 0.1) is 6.92 Å². The second kappa shape index (κ2) is 6.82. The lowest BCUT2D eigenvalue weighted by atomic mass is 10.1. The molecule has 2 heterocycles. The van der Waals surface area contributed by atoms with E-state index in [1.54, 1.807) is 6.20 Å². The highest BCUT2D eigenvalue weighted by Gasteiger charge is 2.26. The van der Waals surface area contributed by atoms with Crippen molar-refractivity contribution < 1.29 is 14.3 Å². The summed E-state index contributed by atoms with van der Waals surface area (Å²) < 4.78 is 10.3. The number of rotatable bonds is 4. The minimum atomic E-state index is -0.284. The Bertz CT molecular complexity index is 550. The molecule has 1 saturated heterocycles. The van der Waals surface area contributed by atoms with Crippen molar-refractivity contribution in [1.29, 1.82) is 0 Å². The van der Waals surface area contributed by atoms with Crippen molar-refractivity contribution in [2.75, 3.05) is 31.7 Å². The Labute approximate surface area is 129 Å². The van der Waals surface area contributed by atoms with E-state index in [2.05, 4.69) is 14.6 Å². The largest absolute Gasteiger partial charge is 0.469 e. The number of morpholine rings is 1. The number of anilines is 1. The van der Waals surface area contributed by atoms with E-state index in [0.717, 1.165) is 16.9 Å². The topological polar surface area (TPSA) is 77.7 Å². The highest BCUT2D eigenvalue weighted by molar-refractivity contribution is 7.80. The van der Waals surface area contributed by atoms with Crippen LogP contribution in [-0.4, -0.2) is 48.9 Å². The van der Waals surface area contributed by atoms with Crippen LogP contribution >= 0.6 is 12.2 Å². The number of carbonyl (C=O) groups is 1. The normalized spacial score (nSPS) is 18.4. The van der Waals surface area contributed by atoms with Crippen LogP contribution < -0.4 is 10.6 Å². The maximum atomic E-state index is 11.4. The predicted octanol–water partition coefficient (Wildman–Crippen LogP) is 0.793. The van der Waals surface area contributed by atoms with Gasteiger partial charge in [-0.1, -0.05) is 12.2 Å². The van der Waals surface area contributed by atoms with Crippen molar-refractivity contribution in [3.8, 4) is 0 Å². The number of ether oxygens (including phenoxy) is 2. The van der Waals surface area contributed by atoms with E-state index in [4.69, 9.17) is 22.7 Å². The summed E-state index contributed by atoms with van der Waals surface area (Å²) in [5, 5.41) is 0. The molecule has 6 nitrogen and oxygen atoms in total. The van der Waals surface area contributed by atoms with Crippen LogP contribution in [-0.2, 0) is 14.3 Å². The van der Waals surface area contributed by atoms with Gasteiger partial charge in [-0.3, -0.25) is 4.79 Å². The van der Waals surface area contributed by atoms with Crippen LogP contribution in [0.1, 0.15) is 17.5 Å². The summed E-state index contributed by atoms with van der Waals surface area (Å²) in [6.07, 6.45) is 1.74. The van der Waals surface area contributed by atoms with Crippen molar-refractivity contribution in [2.24, 2.45) is 5.73 Å². The first-order valence-corrected chi connectivity index (χ1v) is 7.12. The molecule has 114 valence electrons. The molecule has 0 radical (unpaired) electrons. The molecule has 21 heavy (non-hydrogen) atoms. The first kappa shape index (κ1) is 15.7. The summed E-state index contributed by atoms with van der Waals surface area (Å²) in [6, 6.07) is 1.88. The standard InChI is InChI=1S/C14H19N3O3S/c1-9-3-4-16-14(12(9)13(15)21)17-5-6-20-10(8-17)7-11(18)19-2/h3-4,10H,5-8H2,1-2H3,(H2,15,21). The van der Waals surface area contributed by atoms with E-state index in [1.807, 2.05) is 13.0 Å². The quantitative estimate of drug-likeness (QED) is 0.651. The van der Waals surface area contributed by atoms with Gasteiger partial charge in [0.05, 0.1) is 31.8 Å². The molecule has 0 aliphatic carbocycles. The number of methoxy groups -OCH3 is 1. The second-order valence-corrected chi connectivity index (χ2v) is 5.35. The first-order chi connectivity index (χ1) is 10.0. The van der Waals surface area contributed by atoms with Gasteiger partial charge in [0.15, 0.2) is 0 Å². The Kier molecular flexibility index (Phi) is 5.08. The van der Waals surface area contributed by atoms with Crippen LogP contribution in [0.25, 0.3) is 0 Å². The van der Waals surface area contributed by atoms with E-state index in [9.17, 15) is 4.79 Å². The summed E-state index contributed by atoms with van der Waals surface area (Å²) in [5.41, 5.74) is 7.59. The smallest absolute Gasteiger partial charge is 0.308 e. The van der Waals surface area contributed by atoms with Gasteiger partial charge < -0.3 is 20.1 Å². The minimum absolute atomic E-state index is 0.215. The first-order valence-electron chi connectivity index (χ1n) is 6.71. The SMILES string of the molecule is COC(=O)CC1CN(c2nccc(C)c2C(N)=S)CCO1. The van der Waals surface area contributed by atoms with Gasteiger partial charge in [0, 0.05) is 19.3 Å².